The number of carbonyl (C=O) groups excluding carboxylic acids is 1. The maximum Gasteiger partial charge on any atom is 0.234 e. The summed E-state index contributed by atoms with van der Waals surface area (Å²) >= 11 is 2.02. The molecular weight excluding hydrogens is 232 g/mol. The highest BCUT2D eigenvalue weighted by atomic mass is 32.2. The minimum atomic E-state index is 0.00755. The molecule has 0 heterocycles. The van der Waals surface area contributed by atoms with Crippen LogP contribution in [-0.4, -0.2) is 35.0 Å². The van der Waals surface area contributed by atoms with Gasteiger partial charge in [0.05, 0.1) is 6.54 Å². The molecule has 0 aromatic rings. The van der Waals surface area contributed by atoms with E-state index >= 15 is 0 Å². The molecule has 0 spiro atoms. The Labute approximate surface area is 109 Å². The van der Waals surface area contributed by atoms with Crippen LogP contribution in [0.4, 0.5) is 0 Å². The van der Waals surface area contributed by atoms with Crippen molar-refractivity contribution >= 4 is 17.7 Å². The third-order valence-electron chi connectivity index (χ3n) is 2.93. The van der Waals surface area contributed by atoms with Gasteiger partial charge in [-0.15, -0.1) is 0 Å². The molecule has 2 unspecified atom stereocenters. The molecule has 2 N–H and O–H groups in total. The first-order chi connectivity index (χ1) is 7.90. The second kappa shape index (κ2) is 6.64. The summed E-state index contributed by atoms with van der Waals surface area (Å²) in [6.07, 6.45) is 3.52. The second-order valence-electron chi connectivity index (χ2n) is 5.76. The van der Waals surface area contributed by atoms with E-state index < -0.39 is 0 Å². The van der Waals surface area contributed by atoms with E-state index in [1.54, 1.807) is 0 Å². The summed E-state index contributed by atoms with van der Waals surface area (Å²) in [7, 11) is 0. The Morgan fingerprint density at radius 1 is 1.35 bits per heavy atom. The van der Waals surface area contributed by atoms with E-state index in [0.29, 0.717) is 12.6 Å². The van der Waals surface area contributed by atoms with Crippen molar-refractivity contribution in [2.24, 2.45) is 0 Å². The average Bonchev–Trinajstić information content (AvgIpc) is 2.62. The summed E-state index contributed by atoms with van der Waals surface area (Å²) in [5.41, 5.74) is 0.00755. The largest absolute Gasteiger partial charge is 0.352 e. The lowest BCUT2D eigenvalue weighted by atomic mass is 10.1. The Bertz CT molecular complexity index is 250. The first kappa shape index (κ1) is 14.8. The molecule has 1 saturated carbocycles. The van der Waals surface area contributed by atoms with Gasteiger partial charge in [-0.05, 0) is 45.8 Å². The second-order valence-corrected chi connectivity index (χ2v) is 7.34. The van der Waals surface area contributed by atoms with Crippen molar-refractivity contribution in [3.8, 4) is 0 Å². The standard InChI is InChI=1S/C13H26N2OS/c1-5-17-11-7-6-10(8-11)15-12(16)9-14-13(2,3)4/h10-11,14H,5-9H2,1-4H3,(H,15,16). The van der Waals surface area contributed by atoms with Crippen LogP contribution < -0.4 is 10.6 Å². The molecular formula is C13H26N2OS. The fourth-order valence-corrected chi connectivity index (χ4v) is 3.22. The summed E-state index contributed by atoms with van der Waals surface area (Å²) in [6, 6.07) is 0.397. The molecule has 0 radical (unpaired) electrons. The molecule has 0 aliphatic heterocycles. The van der Waals surface area contributed by atoms with Gasteiger partial charge < -0.3 is 10.6 Å². The molecule has 1 fully saturated rings. The van der Waals surface area contributed by atoms with Crippen molar-refractivity contribution in [2.45, 2.75) is 63.8 Å². The number of thioether (sulfide) groups is 1. The van der Waals surface area contributed by atoms with Crippen LogP contribution in [0.15, 0.2) is 0 Å². The van der Waals surface area contributed by atoms with E-state index in [1.165, 1.54) is 12.2 Å². The Hall–Kier alpha value is -0.220. The average molecular weight is 258 g/mol. The Kier molecular flexibility index (Phi) is 5.80. The Morgan fingerprint density at radius 3 is 2.65 bits per heavy atom. The van der Waals surface area contributed by atoms with E-state index in [0.717, 1.165) is 18.1 Å². The van der Waals surface area contributed by atoms with Crippen molar-refractivity contribution < 1.29 is 4.79 Å². The lowest BCUT2D eigenvalue weighted by Crippen LogP contribution is -2.45. The molecule has 1 aliphatic rings. The van der Waals surface area contributed by atoms with Gasteiger partial charge in [-0.1, -0.05) is 6.92 Å². The topological polar surface area (TPSA) is 41.1 Å². The quantitative estimate of drug-likeness (QED) is 0.794. The molecule has 0 aromatic carbocycles. The molecule has 1 rings (SSSR count). The highest BCUT2D eigenvalue weighted by molar-refractivity contribution is 7.99. The van der Waals surface area contributed by atoms with Gasteiger partial charge in [-0.3, -0.25) is 4.79 Å². The van der Waals surface area contributed by atoms with E-state index in [2.05, 4.69) is 38.3 Å². The number of amides is 1. The van der Waals surface area contributed by atoms with Crippen LogP contribution >= 0.6 is 11.8 Å². The highest BCUT2D eigenvalue weighted by Gasteiger charge is 2.25. The molecule has 1 amide bonds. The number of hydrogen-bond donors (Lipinski definition) is 2. The highest BCUT2D eigenvalue weighted by Crippen LogP contribution is 2.29. The van der Waals surface area contributed by atoms with Gasteiger partial charge in [-0.2, -0.15) is 11.8 Å². The molecule has 1 aliphatic carbocycles. The first-order valence-electron chi connectivity index (χ1n) is 6.56. The number of nitrogens with one attached hydrogen (secondary N) is 2. The Balaban J connectivity index is 2.19. The van der Waals surface area contributed by atoms with E-state index in [9.17, 15) is 4.79 Å². The lowest BCUT2D eigenvalue weighted by molar-refractivity contribution is -0.121. The molecule has 17 heavy (non-hydrogen) atoms. The van der Waals surface area contributed by atoms with Crippen molar-refractivity contribution in [3.05, 3.63) is 0 Å². The number of carbonyl (C=O) groups is 1. The Morgan fingerprint density at radius 2 is 2.06 bits per heavy atom. The summed E-state index contributed by atoms with van der Waals surface area (Å²) in [6.45, 7) is 8.84. The van der Waals surface area contributed by atoms with Gasteiger partial charge in [-0.25, -0.2) is 0 Å². The van der Waals surface area contributed by atoms with Crippen LogP contribution in [0.25, 0.3) is 0 Å². The van der Waals surface area contributed by atoms with Gasteiger partial charge in [0.2, 0.25) is 5.91 Å². The van der Waals surface area contributed by atoms with E-state index in [4.69, 9.17) is 0 Å². The minimum Gasteiger partial charge on any atom is -0.352 e. The van der Waals surface area contributed by atoms with Gasteiger partial charge in [0.25, 0.3) is 0 Å². The third-order valence-corrected chi connectivity index (χ3v) is 4.16. The van der Waals surface area contributed by atoms with Gasteiger partial charge in [0.15, 0.2) is 0 Å². The monoisotopic (exact) mass is 258 g/mol. The minimum absolute atomic E-state index is 0.00755. The van der Waals surface area contributed by atoms with Crippen LogP contribution in [0, 0.1) is 0 Å². The zero-order chi connectivity index (χ0) is 12.9. The predicted molar refractivity (Wildman–Crippen MR) is 75.5 cm³/mol. The van der Waals surface area contributed by atoms with Crippen molar-refractivity contribution in [1.82, 2.24) is 10.6 Å². The molecule has 0 saturated heterocycles. The first-order valence-corrected chi connectivity index (χ1v) is 7.61. The predicted octanol–water partition coefficient (Wildman–Crippen LogP) is 2.16. The summed E-state index contributed by atoms with van der Waals surface area (Å²) in [5, 5.41) is 7.09. The molecule has 3 nitrogen and oxygen atoms in total. The summed E-state index contributed by atoms with van der Waals surface area (Å²) in [5.74, 6) is 1.31. The summed E-state index contributed by atoms with van der Waals surface area (Å²) < 4.78 is 0. The molecule has 4 heteroatoms. The fourth-order valence-electron chi connectivity index (χ4n) is 2.08. The van der Waals surface area contributed by atoms with E-state index in [-0.39, 0.29) is 11.4 Å². The smallest absolute Gasteiger partial charge is 0.234 e. The van der Waals surface area contributed by atoms with Crippen molar-refractivity contribution in [2.75, 3.05) is 12.3 Å². The van der Waals surface area contributed by atoms with Gasteiger partial charge >= 0.3 is 0 Å². The normalized spacial score (nSPS) is 24.9. The number of hydrogen-bond acceptors (Lipinski definition) is 3. The maximum atomic E-state index is 11.7. The third kappa shape index (κ3) is 6.32. The van der Waals surface area contributed by atoms with Gasteiger partial charge in [0, 0.05) is 16.8 Å². The molecule has 0 aromatic heterocycles. The SMILES string of the molecule is CCSC1CCC(NC(=O)CNC(C)(C)C)C1. The van der Waals surface area contributed by atoms with Crippen LogP contribution in [0.5, 0.6) is 0 Å². The number of rotatable bonds is 5. The van der Waals surface area contributed by atoms with Crippen LogP contribution in [0.1, 0.15) is 47.0 Å². The zero-order valence-corrected chi connectivity index (χ0v) is 12.3. The zero-order valence-electron chi connectivity index (χ0n) is 11.5. The summed E-state index contributed by atoms with van der Waals surface area (Å²) in [4.78, 5) is 11.7. The van der Waals surface area contributed by atoms with Crippen molar-refractivity contribution in [3.63, 3.8) is 0 Å². The van der Waals surface area contributed by atoms with E-state index in [1.807, 2.05) is 11.8 Å². The van der Waals surface area contributed by atoms with Crippen LogP contribution in [0.3, 0.4) is 0 Å². The van der Waals surface area contributed by atoms with Crippen LogP contribution in [0.2, 0.25) is 0 Å². The molecule has 0 bridgehead atoms. The lowest BCUT2D eigenvalue weighted by Gasteiger charge is -2.21. The molecule has 100 valence electrons. The van der Waals surface area contributed by atoms with Gasteiger partial charge in [0.1, 0.15) is 0 Å². The fraction of sp³-hybridized carbons (Fsp3) is 0.923. The van der Waals surface area contributed by atoms with Crippen LogP contribution in [-0.2, 0) is 4.79 Å². The van der Waals surface area contributed by atoms with Crippen molar-refractivity contribution in [1.29, 1.82) is 0 Å². The maximum absolute atomic E-state index is 11.7. The molecule has 2 atom stereocenters.